The Morgan fingerprint density at radius 1 is 1.50 bits per heavy atom. The van der Waals surface area contributed by atoms with E-state index in [1.165, 1.54) is 13.2 Å². The lowest BCUT2D eigenvalue weighted by molar-refractivity contribution is -0.146. The van der Waals surface area contributed by atoms with Gasteiger partial charge in [-0.2, -0.15) is 0 Å². The zero-order chi connectivity index (χ0) is 15.7. The third-order valence-corrected chi connectivity index (χ3v) is 4.31. The van der Waals surface area contributed by atoms with Crippen molar-refractivity contribution in [2.45, 2.75) is 38.9 Å². The van der Waals surface area contributed by atoms with Crippen molar-refractivity contribution >= 4 is 17.0 Å². The lowest BCUT2D eigenvalue weighted by Crippen LogP contribution is -2.37. The van der Waals surface area contributed by atoms with E-state index >= 15 is 0 Å². The maximum absolute atomic E-state index is 13.9. The standard InChI is InChI=1S/C16H20FN3O2/c1-3-20-12-7-4-6-11(17)15(12)18-14(20)10-19-9-5-8-13(19)16(21)22-2/h4,6-7,13H,3,5,8-10H2,1-2H3. The molecule has 6 heteroatoms. The number of ether oxygens (including phenoxy) is 1. The maximum atomic E-state index is 13.9. The van der Waals surface area contributed by atoms with Gasteiger partial charge in [-0.05, 0) is 38.4 Å². The van der Waals surface area contributed by atoms with Crippen LogP contribution in [-0.4, -0.2) is 40.1 Å². The summed E-state index contributed by atoms with van der Waals surface area (Å²) in [5, 5.41) is 0. The summed E-state index contributed by atoms with van der Waals surface area (Å²) in [4.78, 5) is 18.4. The van der Waals surface area contributed by atoms with Crippen LogP contribution in [0.3, 0.4) is 0 Å². The van der Waals surface area contributed by atoms with Crippen LogP contribution in [0.2, 0.25) is 0 Å². The predicted molar refractivity (Wildman–Crippen MR) is 80.8 cm³/mol. The summed E-state index contributed by atoms with van der Waals surface area (Å²) in [6, 6.07) is 4.77. The van der Waals surface area contributed by atoms with Crippen LogP contribution in [0.5, 0.6) is 0 Å². The topological polar surface area (TPSA) is 47.4 Å². The molecular formula is C16H20FN3O2. The first kappa shape index (κ1) is 15.0. The largest absolute Gasteiger partial charge is 0.468 e. The molecule has 5 nitrogen and oxygen atoms in total. The molecule has 1 aromatic heterocycles. The van der Waals surface area contributed by atoms with Gasteiger partial charge >= 0.3 is 5.97 Å². The van der Waals surface area contributed by atoms with E-state index in [9.17, 15) is 9.18 Å². The number of esters is 1. The lowest BCUT2D eigenvalue weighted by atomic mass is 10.2. The van der Waals surface area contributed by atoms with Crippen molar-refractivity contribution in [3.8, 4) is 0 Å². The lowest BCUT2D eigenvalue weighted by Gasteiger charge is -2.22. The molecule has 0 spiro atoms. The van der Waals surface area contributed by atoms with Crippen LogP contribution in [0.4, 0.5) is 4.39 Å². The van der Waals surface area contributed by atoms with Gasteiger partial charge in [0, 0.05) is 6.54 Å². The number of aromatic nitrogens is 2. The van der Waals surface area contributed by atoms with Crippen molar-refractivity contribution < 1.29 is 13.9 Å². The van der Waals surface area contributed by atoms with Crippen LogP contribution in [-0.2, 0) is 22.6 Å². The number of hydrogen-bond donors (Lipinski definition) is 0. The molecule has 3 rings (SSSR count). The summed E-state index contributed by atoms with van der Waals surface area (Å²) in [6.45, 7) is 4.08. The molecule has 0 N–H and O–H groups in total. The van der Waals surface area contributed by atoms with E-state index in [1.807, 2.05) is 17.6 Å². The third-order valence-electron chi connectivity index (χ3n) is 4.31. The van der Waals surface area contributed by atoms with Gasteiger partial charge in [0.1, 0.15) is 17.4 Å². The molecule has 118 valence electrons. The van der Waals surface area contributed by atoms with Crippen molar-refractivity contribution in [2.24, 2.45) is 0 Å². The Hall–Kier alpha value is -1.95. The molecule has 1 aliphatic rings. The Balaban J connectivity index is 1.93. The van der Waals surface area contributed by atoms with Crippen LogP contribution in [0.25, 0.3) is 11.0 Å². The molecule has 1 aromatic carbocycles. The van der Waals surface area contributed by atoms with Crippen molar-refractivity contribution in [2.75, 3.05) is 13.7 Å². The average Bonchev–Trinajstić information content (AvgIpc) is 3.12. The molecule has 0 saturated carbocycles. The van der Waals surface area contributed by atoms with E-state index in [4.69, 9.17) is 4.74 Å². The fraction of sp³-hybridized carbons (Fsp3) is 0.500. The molecular weight excluding hydrogens is 285 g/mol. The van der Waals surface area contributed by atoms with Crippen molar-refractivity contribution in [3.63, 3.8) is 0 Å². The number of imidazole rings is 1. The Morgan fingerprint density at radius 2 is 2.32 bits per heavy atom. The minimum absolute atomic E-state index is 0.206. The Bertz CT molecular complexity index is 698. The summed E-state index contributed by atoms with van der Waals surface area (Å²) in [5.41, 5.74) is 1.19. The van der Waals surface area contributed by atoms with E-state index in [0.717, 1.165) is 30.7 Å². The third kappa shape index (κ3) is 2.47. The van der Waals surface area contributed by atoms with Gasteiger partial charge in [0.15, 0.2) is 5.82 Å². The number of likely N-dealkylation sites (tertiary alicyclic amines) is 1. The number of hydrogen-bond acceptors (Lipinski definition) is 4. The van der Waals surface area contributed by atoms with E-state index in [1.54, 1.807) is 6.07 Å². The van der Waals surface area contributed by atoms with Gasteiger partial charge in [-0.25, -0.2) is 9.37 Å². The minimum atomic E-state index is -0.308. The summed E-state index contributed by atoms with van der Waals surface area (Å²) in [7, 11) is 1.41. The first-order valence-electron chi connectivity index (χ1n) is 7.61. The molecule has 1 fully saturated rings. The smallest absolute Gasteiger partial charge is 0.323 e. The molecule has 22 heavy (non-hydrogen) atoms. The Labute approximate surface area is 128 Å². The highest BCUT2D eigenvalue weighted by Gasteiger charge is 2.32. The number of benzene rings is 1. The number of rotatable bonds is 4. The molecule has 1 aliphatic heterocycles. The van der Waals surface area contributed by atoms with Gasteiger partial charge in [-0.15, -0.1) is 0 Å². The van der Waals surface area contributed by atoms with Crippen LogP contribution < -0.4 is 0 Å². The molecule has 0 amide bonds. The highest BCUT2D eigenvalue weighted by atomic mass is 19.1. The van der Waals surface area contributed by atoms with E-state index in [-0.39, 0.29) is 17.8 Å². The summed E-state index contributed by atoms with van der Waals surface area (Å²) >= 11 is 0. The molecule has 2 aromatic rings. The highest BCUT2D eigenvalue weighted by molar-refractivity contribution is 5.77. The number of methoxy groups -OCH3 is 1. The van der Waals surface area contributed by atoms with Gasteiger partial charge < -0.3 is 9.30 Å². The summed E-state index contributed by atoms with van der Waals surface area (Å²) < 4.78 is 20.8. The fourth-order valence-corrected chi connectivity index (χ4v) is 3.23. The average molecular weight is 305 g/mol. The molecule has 0 aliphatic carbocycles. The number of carbonyl (C=O) groups excluding carboxylic acids is 1. The Morgan fingerprint density at radius 3 is 3.05 bits per heavy atom. The Kier molecular flexibility index (Phi) is 4.11. The number of halogens is 1. The number of aryl methyl sites for hydroxylation is 1. The molecule has 0 bridgehead atoms. The monoisotopic (exact) mass is 305 g/mol. The minimum Gasteiger partial charge on any atom is -0.468 e. The zero-order valence-corrected chi connectivity index (χ0v) is 12.9. The van der Waals surface area contributed by atoms with Crippen molar-refractivity contribution in [1.29, 1.82) is 0 Å². The first-order valence-corrected chi connectivity index (χ1v) is 7.61. The molecule has 0 radical (unpaired) electrons. The zero-order valence-electron chi connectivity index (χ0n) is 12.9. The normalized spacial score (nSPS) is 19.0. The quantitative estimate of drug-likeness (QED) is 0.814. The molecule has 2 heterocycles. The SMILES string of the molecule is CCn1c(CN2CCCC2C(=O)OC)nc2c(F)cccc21. The van der Waals surface area contributed by atoms with Gasteiger partial charge in [0.05, 0.1) is 19.2 Å². The van der Waals surface area contributed by atoms with Crippen LogP contribution in [0.15, 0.2) is 18.2 Å². The number of para-hydroxylation sites is 1. The van der Waals surface area contributed by atoms with Gasteiger partial charge in [0.25, 0.3) is 0 Å². The summed E-state index contributed by atoms with van der Waals surface area (Å²) in [5.74, 6) is 0.276. The number of fused-ring (bicyclic) bond motifs is 1. The second-order valence-corrected chi connectivity index (χ2v) is 5.53. The van der Waals surface area contributed by atoms with Crippen LogP contribution >= 0.6 is 0 Å². The highest BCUT2D eigenvalue weighted by Crippen LogP contribution is 2.24. The molecule has 1 unspecified atom stereocenters. The van der Waals surface area contributed by atoms with Crippen LogP contribution in [0.1, 0.15) is 25.6 Å². The van der Waals surface area contributed by atoms with E-state index in [2.05, 4.69) is 9.88 Å². The van der Waals surface area contributed by atoms with Gasteiger partial charge in [0.2, 0.25) is 0 Å². The van der Waals surface area contributed by atoms with E-state index < -0.39 is 0 Å². The fourth-order valence-electron chi connectivity index (χ4n) is 3.23. The number of carbonyl (C=O) groups is 1. The number of nitrogens with zero attached hydrogens (tertiary/aromatic N) is 3. The first-order chi connectivity index (χ1) is 10.7. The van der Waals surface area contributed by atoms with Crippen molar-refractivity contribution in [3.05, 3.63) is 29.8 Å². The maximum Gasteiger partial charge on any atom is 0.323 e. The van der Waals surface area contributed by atoms with E-state index in [0.29, 0.717) is 18.6 Å². The second kappa shape index (κ2) is 6.04. The summed E-state index contributed by atoms with van der Waals surface area (Å²) in [6.07, 6.45) is 1.76. The van der Waals surface area contributed by atoms with Crippen LogP contribution in [0, 0.1) is 5.82 Å². The van der Waals surface area contributed by atoms with Gasteiger partial charge in [-0.3, -0.25) is 9.69 Å². The van der Waals surface area contributed by atoms with Crippen molar-refractivity contribution in [1.82, 2.24) is 14.5 Å². The van der Waals surface area contributed by atoms with Gasteiger partial charge in [-0.1, -0.05) is 6.07 Å². The second-order valence-electron chi connectivity index (χ2n) is 5.53. The predicted octanol–water partition coefficient (Wildman–Crippen LogP) is 2.33. The molecule has 1 atom stereocenters. The molecule has 1 saturated heterocycles.